The monoisotopic (exact) mass is 590 g/mol. The fourth-order valence-corrected chi connectivity index (χ4v) is 5.00. The molecule has 0 unspecified atom stereocenters. The molecule has 4 rings (SSSR count). The molecule has 5 amide bonds. The molecular formula is C31H38N6O6. The summed E-state index contributed by atoms with van der Waals surface area (Å²) < 4.78 is 0. The van der Waals surface area contributed by atoms with E-state index in [0.717, 1.165) is 11.1 Å². The maximum Gasteiger partial charge on any atom is 0.256 e. The molecule has 2 heterocycles. The predicted molar refractivity (Wildman–Crippen MR) is 160 cm³/mol. The lowest BCUT2D eigenvalue weighted by Gasteiger charge is -2.27. The van der Waals surface area contributed by atoms with Crippen LogP contribution in [0.25, 0.3) is 10.9 Å². The van der Waals surface area contributed by atoms with Crippen LogP contribution in [-0.2, 0) is 25.6 Å². The van der Waals surface area contributed by atoms with Crippen molar-refractivity contribution in [2.45, 2.75) is 51.4 Å². The van der Waals surface area contributed by atoms with Crippen molar-refractivity contribution < 1.29 is 29.1 Å². The van der Waals surface area contributed by atoms with Gasteiger partial charge >= 0.3 is 0 Å². The van der Waals surface area contributed by atoms with E-state index in [4.69, 9.17) is 0 Å². The molecule has 1 fully saturated rings. The molecule has 0 saturated carbocycles. The number of nitrogens with zero attached hydrogens (tertiary/aromatic N) is 1. The van der Waals surface area contributed by atoms with Gasteiger partial charge in [-0.3, -0.25) is 24.0 Å². The van der Waals surface area contributed by atoms with E-state index >= 15 is 0 Å². The zero-order valence-corrected chi connectivity index (χ0v) is 24.4. The van der Waals surface area contributed by atoms with Gasteiger partial charge in [-0.1, -0.05) is 62.4 Å². The summed E-state index contributed by atoms with van der Waals surface area (Å²) in [7, 11) is 0. The summed E-state index contributed by atoms with van der Waals surface area (Å²) in [5.74, 6) is -3.31. The average molecular weight is 591 g/mol. The number of fused-ring (bicyclic) bond motifs is 1. The number of carbonyl (C=O) groups is 5. The molecule has 6 N–H and O–H groups in total. The molecule has 2 aromatic carbocycles. The highest BCUT2D eigenvalue weighted by atomic mass is 16.3. The largest absolute Gasteiger partial charge is 0.391 e. The normalized spacial score (nSPS) is 21.7. The van der Waals surface area contributed by atoms with Gasteiger partial charge in [-0.05, 0) is 24.5 Å². The minimum absolute atomic E-state index is 0.0485. The number of H-pyrrole nitrogens is 1. The summed E-state index contributed by atoms with van der Waals surface area (Å²) in [6.45, 7) is 4.39. The third kappa shape index (κ3) is 7.77. The van der Waals surface area contributed by atoms with E-state index in [1.165, 1.54) is 11.8 Å². The van der Waals surface area contributed by atoms with Crippen LogP contribution >= 0.6 is 0 Å². The summed E-state index contributed by atoms with van der Waals surface area (Å²) in [4.78, 5) is 71.3. The van der Waals surface area contributed by atoms with Gasteiger partial charge in [0.2, 0.25) is 23.6 Å². The van der Waals surface area contributed by atoms with E-state index in [2.05, 4.69) is 26.3 Å². The van der Waals surface area contributed by atoms with E-state index in [1.807, 2.05) is 18.2 Å². The number of nitrogens with one attached hydrogen (secondary N) is 5. The van der Waals surface area contributed by atoms with E-state index in [1.54, 1.807) is 56.4 Å². The topological polar surface area (TPSA) is 173 Å². The van der Waals surface area contributed by atoms with E-state index in [0.29, 0.717) is 10.9 Å². The lowest BCUT2D eigenvalue weighted by atomic mass is 10.0. The fraction of sp³-hybridized carbons (Fsp3) is 0.387. The highest BCUT2D eigenvalue weighted by Gasteiger charge is 2.33. The highest BCUT2D eigenvalue weighted by molar-refractivity contribution is 6.07. The van der Waals surface area contributed by atoms with Gasteiger partial charge in [-0.2, -0.15) is 0 Å². The molecule has 12 heteroatoms. The van der Waals surface area contributed by atoms with E-state index in [9.17, 15) is 29.1 Å². The summed E-state index contributed by atoms with van der Waals surface area (Å²) in [6, 6.07) is 12.8. The number of rotatable bonds is 5. The number of hydrogen-bond donors (Lipinski definition) is 6. The summed E-state index contributed by atoms with van der Waals surface area (Å²) in [6.07, 6.45) is 0.413. The van der Waals surface area contributed by atoms with Crippen molar-refractivity contribution >= 4 is 40.4 Å². The van der Waals surface area contributed by atoms with Crippen molar-refractivity contribution in [3.05, 3.63) is 71.9 Å². The average Bonchev–Trinajstić information content (AvgIpc) is 3.41. The number of para-hydroxylation sites is 1. The molecule has 12 nitrogen and oxygen atoms in total. The minimum atomic E-state index is -1.33. The van der Waals surface area contributed by atoms with Crippen molar-refractivity contribution in [3.8, 4) is 0 Å². The van der Waals surface area contributed by atoms with Gasteiger partial charge in [0.15, 0.2) is 0 Å². The first-order valence-electron chi connectivity index (χ1n) is 14.3. The fourth-order valence-electron chi connectivity index (χ4n) is 5.00. The van der Waals surface area contributed by atoms with Crippen molar-refractivity contribution in [3.63, 3.8) is 0 Å². The Morgan fingerprint density at radius 1 is 0.884 bits per heavy atom. The number of aromatic amines is 1. The molecule has 0 bridgehead atoms. The van der Waals surface area contributed by atoms with Crippen molar-refractivity contribution in [2.75, 3.05) is 19.6 Å². The van der Waals surface area contributed by atoms with Gasteiger partial charge < -0.3 is 36.3 Å². The Morgan fingerprint density at radius 2 is 1.58 bits per heavy atom. The Hall–Kier alpha value is -4.71. The lowest BCUT2D eigenvalue weighted by molar-refractivity contribution is -0.135. The van der Waals surface area contributed by atoms with Crippen LogP contribution in [0.2, 0.25) is 0 Å². The maximum absolute atomic E-state index is 13.6. The minimum Gasteiger partial charge on any atom is -0.391 e. The van der Waals surface area contributed by atoms with Crippen LogP contribution in [0.4, 0.5) is 0 Å². The number of carbonyl (C=O) groups excluding carboxylic acids is 5. The Labute approximate surface area is 249 Å². The zero-order valence-electron chi connectivity index (χ0n) is 24.4. The molecule has 1 aliphatic heterocycles. The van der Waals surface area contributed by atoms with Gasteiger partial charge in [0.05, 0.1) is 18.2 Å². The molecule has 0 radical (unpaired) electrons. The first kappa shape index (κ1) is 31.2. The van der Waals surface area contributed by atoms with Crippen LogP contribution in [0.15, 0.2) is 60.8 Å². The number of hydrogen-bond acceptors (Lipinski definition) is 6. The summed E-state index contributed by atoms with van der Waals surface area (Å²) in [5, 5.41) is 21.7. The van der Waals surface area contributed by atoms with Gasteiger partial charge in [0.25, 0.3) is 5.91 Å². The standard InChI is InChI=1S/C31H38N6O6/c1-18(2)26-30(42)34-24(15-20-9-5-4-6-10-20)28(40)36-27(19(3)38)29(41)32-13-14-37(17-25(39)35-26)31(43)22-16-33-23-12-8-7-11-21(22)23/h4-12,16,18-19,24,26-27,33,38H,13-15,17H2,1-3H3,(H,32,41)(H,34,42)(H,35,39)(H,36,40)/t19-,24+,26-,27+/m1/s1. The number of aliphatic hydroxyl groups excluding tert-OH is 1. The SMILES string of the molecule is CC(C)[C@H]1NC(=O)CN(C(=O)c2c[nH]c3ccccc23)CCNC(=O)[C@H]([C@@H](C)O)NC(=O)[C@H](Cc2ccccc2)NC1=O. The quantitative estimate of drug-likeness (QED) is 0.252. The first-order valence-corrected chi connectivity index (χ1v) is 14.3. The number of amides is 5. The van der Waals surface area contributed by atoms with Gasteiger partial charge in [-0.25, -0.2) is 0 Å². The smallest absolute Gasteiger partial charge is 0.256 e. The number of aliphatic hydroxyl groups is 1. The first-order chi connectivity index (χ1) is 20.5. The van der Waals surface area contributed by atoms with Crippen LogP contribution in [0, 0.1) is 5.92 Å². The maximum atomic E-state index is 13.6. The van der Waals surface area contributed by atoms with Crippen LogP contribution in [0.5, 0.6) is 0 Å². The Bertz CT molecular complexity index is 1470. The Morgan fingerprint density at radius 3 is 2.28 bits per heavy atom. The molecule has 4 atom stereocenters. The van der Waals surface area contributed by atoms with Crippen molar-refractivity contribution in [2.24, 2.45) is 5.92 Å². The second-order valence-corrected chi connectivity index (χ2v) is 11.0. The summed E-state index contributed by atoms with van der Waals surface area (Å²) in [5.41, 5.74) is 1.86. The number of benzene rings is 2. The van der Waals surface area contributed by atoms with Crippen molar-refractivity contribution in [1.82, 2.24) is 31.2 Å². The summed E-state index contributed by atoms with van der Waals surface area (Å²) >= 11 is 0. The zero-order chi connectivity index (χ0) is 31.1. The molecule has 3 aromatic rings. The van der Waals surface area contributed by atoms with E-state index < -0.39 is 53.8 Å². The van der Waals surface area contributed by atoms with Crippen LogP contribution in [-0.4, -0.2) is 88.4 Å². The van der Waals surface area contributed by atoms with Crippen LogP contribution in [0.3, 0.4) is 0 Å². The van der Waals surface area contributed by atoms with Crippen LogP contribution < -0.4 is 21.3 Å². The molecule has 0 spiro atoms. The van der Waals surface area contributed by atoms with Gasteiger partial charge in [0, 0.05) is 36.6 Å². The third-order valence-electron chi connectivity index (χ3n) is 7.37. The van der Waals surface area contributed by atoms with Crippen molar-refractivity contribution in [1.29, 1.82) is 0 Å². The third-order valence-corrected chi connectivity index (χ3v) is 7.37. The van der Waals surface area contributed by atoms with Crippen LogP contribution in [0.1, 0.15) is 36.7 Å². The second-order valence-electron chi connectivity index (χ2n) is 11.0. The lowest BCUT2D eigenvalue weighted by Crippen LogP contribution is -2.60. The van der Waals surface area contributed by atoms with Gasteiger partial charge in [0.1, 0.15) is 18.1 Å². The molecule has 1 aromatic heterocycles. The highest BCUT2D eigenvalue weighted by Crippen LogP contribution is 2.19. The van der Waals surface area contributed by atoms with E-state index in [-0.39, 0.29) is 32.0 Å². The molecule has 43 heavy (non-hydrogen) atoms. The Balaban J connectivity index is 1.65. The van der Waals surface area contributed by atoms with Gasteiger partial charge in [-0.15, -0.1) is 0 Å². The molecule has 1 aliphatic rings. The molecule has 0 aliphatic carbocycles. The predicted octanol–water partition coefficient (Wildman–Crippen LogP) is 0.474. The Kier molecular flexibility index (Phi) is 10.1. The number of aromatic nitrogens is 1. The molecule has 228 valence electrons. The second kappa shape index (κ2) is 14.0. The molecular weight excluding hydrogens is 552 g/mol. The molecule has 1 saturated heterocycles.